The monoisotopic (exact) mass is 246 g/mol. The summed E-state index contributed by atoms with van der Waals surface area (Å²) in [7, 11) is 0. The lowest BCUT2D eigenvalue weighted by Gasteiger charge is -2.03. The number of rotatable bonds is 2. The van der Waals surface area contributed by atoms with Crippen molar-refractivity contribution >= 4 is 23.3 Å². The second kappa shape index (κ2) is 4.86. The molecule has 2 nitrogen and oxygen atoms in total. The van der Waals surface area contributed by atoms with Gasteiger partial charge in [0.2, 0.25) is 0 Å². The summed E-state index contributed by atoms with van der Waals surface area (Å²) in [5.41, 5.74) is 1.04. The van der Waals surface area contributed by atoms with Crippen LogP contribution in [0.2, 0.25) is 5.02 Å². The van der Waals surface area contributed by atoms with Gasteiger partial charge in [-0.05, 0) is 30.3 Å². The highest BCUT2D eigenvalue weighted by molar-refractivity contribution is 6.32. The summed E-state index contributed by atoms with van der Waals surface area (Å²) in [5, 5.41) is 9.30. The lowest BCUT2D eigenvalue weighted by atomic mass is 10.1. The molecule has 2 rings (SSSR count). The molecule has 0 aliphatic heterocycles. The minimum Gasteiger partial charge on any atom is -0.362 e. The zero-order valence-electron chi connectivity index (χ0n) is 8.74. The van der Waals surface area contributed by atoms with Crippen molar-refractivity contribution in [3.8, 4) is 6.07 Å². The summed E-state index contributed by atoms with van der Waals surface area (Å²) in [6.07, 6.45) is 3.29. The number of benzene rings is 1. The SMILES string of the molecule is N#C/C(=C\c1ccc[nH]1)c1c(F)cccc1Cl. The quantitative estimate of drug-likeness (QED) is 0.803. The van der Waals surface area contributed by atoms with Crippen LogP contribution in [-0.4, -0.2) is 4.98 Å². The van der Waals surface area contributed by atoms with Gasteiger partial charge in [0.05, 0.1) is 16.7 Å². The molecule has 0 atom stereocenters. The summed E-state index contributed by atoms with van der Waals surface area (Å²) in [4.78, 5) is 2.92. The minimum atomic E-state index is -0.503. The number of aromatic amines is 1. The highest BCUT2D eigenvalue weighted by Gasteiger charge is 2.11. The number of allylic oxidation sites excluding steroid dienone is 1. The van der Waals surface area contributed by atoms with Crippen LogP contribution in [0.15, 0.2) is 36.5 Å². The molecule has 0 bridgehead atoms. The maximum absolute atomic E-state index is 13.6. The van der Waals surface area contributed by atoms with Crippen molar-refractivity contribution in [3.63, 3.8) is 0 Å². The average molecular weight is 247 g/mol. The van der Waals surface area contributed by atoms with E-state index in [0.29, 0.717) is 0 Å². The van der Waals surface area contributed by atoms with Gasteiger partial charge >= 0.3 is 0 Å². The minimum absolute atomic E-state index is 0.131. The molecule has 0 amide bonds. The molecule has 0 aliphatic carbocycles. The van der Waals surface area contributed by atoms with Gasteiger partial charge in [0.25, 0.3) is 0 Å². The average Bonchev–Trinajstić information content (AvgIpc) is 2.80. The molecule has 0 fully saturated rings. The van der Waals surface area contributed by atoms with Crippen LogP contribution >= 0.6 is 11.6 Å². The third-order valence-corrected chi connectivity index (χ3v) is 2.59. The lowest BCUT2D eigenvalue weighted by Crippen LogP contribution is -1.89. The Morgan fingerprint density at radius 3 is 2.76 bits per heavy atom. The maximum atomic E-state index is 13.6. The fourth-order valence-corrected chi connectivity index (χ4v) is 1.77. The summed E-state index contributed by atoms with van der Waals surface area (Å²) >= 11 is 5.90. The first kappa shape index (κ1) is 11.4. The molecule has 1 heterocycles. The Morgan fingerprint density at radius 1 is 1.35 bits per heavy atom. The fraction of sp³-hybridized carbons (Fsp3) is 0. The second-order valence-electron chi connectivity index (χ2n) is 3.39. The topological polar surface area (TPSA) is 39.6 Å². The first-order valence-corrected chi connectivity index (χ1v) is 5.29. The number of H-pyrrole nitrogens is 1. The third kappa shape index (κ3) is 2.38. The molecule has 17 heavy (non-hydrogen) atoms. The molecule has 2 aromatic rings. The van der Waals surface area contributed by atoms with E-state index in [1.165, 1.54) is 12.1 Å². The van der Waals surface area contributed by atoms with E-state index >= 15 is 0 Å². The Kier molecular flexibility index (Phi) is 3.27. The Bertz CT molecular complexity index is 574. The Morgan fingerprint density at radius 2 is 2.18 bits per heavy atom. The van der Waals surface area contributed by atoms with E-state index in [4.69, 9.17) is 16.9 Å². The van der Waals surface area contributed by atoms with Crippen LogP contribution in [0.3, 0.4) is 0 Å². The van der Waals surface area contributed by atoms with Crippen molar-refractivity contribution in [2.24, 2.45) is 0 Å². The van der Waals surface area contributed by atoms with Crippen LogP contribution in [0.1, 0.15) is 11.3 Å². The number of halogens is 2. The van der Waals surface area contributed by atoms with Crippen LogP contribution in [0.5, 0.6) is 0 Å². The fourth-order valence-electron chi connectivity index (χ4n) is 1.50. The van der Waals surface area contributed by atoms with Crippen LogP contribution in [0, 0.1) is 17.1 Å². The van der Waals surface area contributed by atoms with Gasteiger partial charge < -0.3 is 4.98 Å². The molecule has 1 N–H and O–H groups in total. The van der Waals surface area contributed by atoms with E-state index in [2.05, 4.69) is 4.98 Å². The normalized spacial score (nSPS) is 11.2. The molecule has 0 unspecified atom stereocenters. The van der Waals surface area contributed by atoms with E-state index in [0.717, 1.165) is 5.69 Å². The highest BCUT2D eigenvalue weighted by atomic mass is 35.5. The van der Waals surface area contributed by atoms with E-state index in [1.54, 1.807) is 30.5 Å². The first-order chi connectivity index (χ1) is 8.22. The molecular weight excluding hydrogens is 239 g/mol. The number of aromatic nitrogens is 1. The van der Waals surface area contributed by atoms with Gasteiger partial charge in [-0.2, -0.15) is 5.26 Å². The summed E-state index contributed by atoms with van der Waals surface area (Å²) in [6.45, 7) is 0. The van der Waals surface area contributed by atoms with Gasteiger partial charge in [-0.1, -0.05) is 17.7 Å². The summed E-state index contributed by atoms with van der Waals surface area (Å²) in [6, 6.07) is 9.87. The molecule has 1 aromatic heterocycles. The molecule has 84 valence electrons. The first-order valence-electron chi connectivity index (χ1n) is 4.92. The molecule has 4 heteroatoms. The van der Waals surface area contributed by atoms with Gasteiger partial charge in [-0.15, -0.1) is 0 Å². The van der Waals surface area contributed by atoms with E-state index in [9.17, 15) is 4.39 Å². The number of hydrogen-bond acceptors (Lipinski definition) is 1. The van der Waals surface area contributed by atoms with Crippen molar-refractivity contribution in [1.82, 2.24) is 4.98 Å². The van der Waals surface area contributed by atoms with E-state index < -0.39 is 5.82 Å². The smallest absolute Gasteiger partial charge is 0.133 e. The Balaban J connectivity index is 2.54. The van der Waals surface area contributed by atoms with Crippen molar-refractivity contribution < 1.29 is 4.39 Å². The van der Waals surface area contributed by atoms with Crippen LogP contribution in [0.25, 0.3) is 11.6 Å². The lowest BCUT2D eigenvalue weighted by molar-refractivity contribution is 0.624. The van der Waals surface area contributed by atoms with Gasteiger partial charge in [-0.25, -0.2) is 4.39 Å². The number of nitriles is 1. The van der Waals surface area contributed by atoms with Crippen molar-refractivity contribution in [1.29, 1.82) is 5.26 Å². The molecular formula is C13H8ClFN2. The number of nitrogens with one attached hydrogen (secondary N) is 1. The second-order valence-corrected chi connectivity index (χ2v) is 3.80. The van der Waals surface area contributed by atoms with Gasteiger partial charge in [-0.3, -0.25) is 0 Å². The summed E-state index contributed by atoms with van der Waals surface area (Å²) in [5.74, 6) is -0.503. The van der Waals surface area contributed by atoms with Gasteiger partial charge in [0, 0.05) is 17.5 Å². The molecule has 0 radical (unpaired) electrons. The predicted octanol–water partition coefficient (Wildman–Crippen LogP) is 3.87. The highest BCUT2D eigenvalue weighted by Crippen LogP contribution is 2.27. The standard InChI is InChI=1S/C13H8ClFN2/c14-11-4-1-5-12(15)13(11)9(8-16)7-10-3-2-6-17-10/h1-7,17H/b9-7+. The summed E-state index contributed by atoms with van der Waals surface area (Å²) < 4.78 is 13.6. The Labute approximate surface area is 103 Å². The molecule has 1 aromatic carbocycles. The Hall–Kier alpha value is -2.05. The van der Waals surface area contributed by atoms with E-state index in [-0.39, 0.29) is 16.2 Å². The number of hydrogen-bond donors (Lipinski definition) is 1. The van der Waals surface area contributed by atoms with Crippen LogP contribution in [0.4, 0.5) is 4.39 Å². The molecule has 0 saturated heterocycles. The van der Waals surface area contributed by atoms with Gasteiger partial charge in [0.15, 0.2) is 0 Å². The van der Waals surface area contributed by atoms with E-state index in [1.807, 2.05) is 6.07 Å². The van der Waals surface area contributed by atoms with Crippen LogP contribution < -0.4 is 0 Å². The predicted molar refractivity (Wildman–Crippen MR) is 65.7 cm³/mol. The third-order valence-electron chi connectivity index (χ3n) is 2.27. The largest absolute Gasteiger partial charge is 0.362 e. The van der Waals surface area contributed by atoms with Crippen molar-refractivity contribution in [2.75, 3.05) is 0 Å². The number of nitrogens with zero attached hydrogens (tertiary/aromatic N) is 1. The van der Waals surface area contributed by atoms with Crippen molar-refractivity contribution in [3.05, 3.63) is 58.6 Å². The maximum Gasteiger partial charge on any atom is 0.133 e. The molecule has 0 spiro atoms. The molecule has 0 saturated carbocycles. The zero-order valence-corrected chi connectivity index (χ0v) is 9.50. The van der Waals surface area contributed by atoms with Crippen LogP contribution in [-0.2, 0) is 0 Å². The molecule has 0 aliphatic rings. The zero-order chi connectivity index (χ0) is 12.3. The van der Waals surface area contributed by atoms with Gasteiger partial charge in [0.1, 0.15) is 5.82 Å². The van der Waals surface area contributed by atoms with Crippen molar-refractivity contribution in [2.45, 2.75) is 0 Å².